The Hall–Kier alpha value is 0.270. The molecule has 0 aromatic rings. The summed E-state index contributed by atoms with van der Waals surface area (Å²) in [6.45, 7) is 3.73. The number of hydrogen-bond acceptors (Lipinski definition) is 3. The van der Waals surface area contributed by atoms with E-state index in [9.17, 15) is 14.4 Å². The third-order valence-electron chi connectivity index (χ3n) is 1.22. The van der Waals surface area contributed by atoms with E-state index < -0.39 is 5.92 Å². The first-order valence-electron chi connectivity index (χ1n) is 2.98. The van der Waals surface area contributed by atoms with E-state index in [4.69, 9.17) is 0 Å². The second kappa shape index (κ2) is 5.86. The van der Waals surface area contributed by atoms with E-state index in [2.05, 4.69) is 0 Å². The van der Waals surface area contributed by atoms with Crippen molar-refractivity contribution < 1.29 is 14.4 Å². The van der Waals surface area contributed by atoms with Crippen LogP contribution >= 0.6 is 0 Å². The van der Waals surface area contributed by atoms with Gasteiger partial charge in [0.25, 0.3) is 0 Å². The molecular formula is C7H10CaO3. The Morgan fingerprint density at radius 2 is 1.00 bits per heavy atom. The second-order valence-corrected chi connectivity index (χ2v) is 2.26. The molecule has 0 atom stereocenters. The molecule has 0 aliphatic carbocycles. The molecule has 0 fully saturated rings. The van der Waals surface area contributed by atoms with Crippen LogP contribution in [0.25, 0.3) is 0 Å². The third-order valence-corrected chi connectivity index (χ3v) is 1.22. The first kappa shape index (κ1) is 13.8. The van der Waals surface area contributed by atoms with Crippen LogP contribution in [0.1, 0.15) is 20.8 Å². The second-order valence-electron chi connectivity index (χ2n) is 2.26. The molecule has 58 valence electrons. The minimum absolute atomic E-state index is 0. The molecule has 0 unspecified atom stereocenters. The largest absolute Gasteiger partial charge is 0.299 e. The van der Waals surface area contributed by atoms with Crippen LogP contribution in [0.4, 0.5) is 0 Å². The van der Waals surface area contributed by atoms with Crippen LogP contribution in [0.2, 0.25) is 0 Å². The zero-order valence-electron chi connectivity index (χ0n) is 7.01. The number of ketones is 3. The first-order valence-corrected chi connectivity index (χ1v) is 2.98. The average Bonchev–Trinajstić information content (AvgIpc) is 1.59. The van der Waals surface area contributed by atoms with Gasteiger partial charge in [0.2, 0.25) is 0 Å². The van der Waals surface area contributed by atoms with Gasteiger partial charge in [0.1, 0.15) is 23.3 Å². The van der Waals surface area contributed by atoms with Gasteiger partial charge < -0.3 is 0 Å². The van der Waals surface area contributed by atoms with Crippen LogP contribution < -0.4 is 0 Å². The molecule has 4 heteroatoms. The molecule has 2 radical (unpaired) electrons. The Morgan fingerprint density at radius 1 is 0.818 bits per heavy atom. The zero-order chi connectivity index (χ0) is 8.31. The molecule has 0 aromatic carbocycles. The van der Waals surface area contributed by atoms with Gasteiger partial charge in [-0.2, -0.15) is 0 Å². The summed E-state index contributed by atoms with van der Waals surface area (Å²) in [7, 11) is 0. The van der Waals surface area contributed by atoms with E-state index in [1.807, 2.05) is 0 Å². The van der Waals surface area contributed by atoms with Crippen LogP contribution in [0.3, 0.4) is 0 Å². The fourth-order valence-corrected chi connectivity index (χ4v) is 0.859. The smallest absolute Gasteiger partial charge is 0.147 e. The predicted molar refractivity (Wildman–Crippen MR) is 41.3 cm³/mol. The summed E-state index contributed by atoms with van der Waals surface area (Å²) in [5, 5.41) is 0. The first-order chi connectivity index (χ1) is 4.46. The van der Waals surface area contributed by atoms with Crippen LogP contribution in [-0.4, -0.2) is 55.1 Å². The van der Waals surface area contributed by atoms with Crippen molar-refractivity contribution in [1.82, 2.24) is 0 Å². The number of Topliss-reactive ketones (excluding diaryl/α,β-unsaturated/α-hetero) is 3. The number of hydrogen-bond donors (Lipinski definition) is 0. The van der Waals surface area contributed by atoms with Crippen molar-refractivity contribution in [2.45, 2.75) is 20.8 Å². The molecule has 0 amide bonds. The van der Waals surface area contributed by atoms with E-state index in [-0.39, 0.29) is 55.1 Å². The SMILES string of the molecule is CC(=O)C(C(C)=O)C(C)=O.[Ca]. The van der Waals surface area contributed by atoms with E-state index in [1.54, 1.807) is 0 Å². The van der Waals surface area contributed by atoms with Gasteiger partial charge in [0.15, 0.2) is 0 Å². The van der Waals surface area contributed by atoms with Gasteiger partial charge in [0, 0.05) is 37.7 Å². The van der Waals surface area contributed by atoms with E-state index >= 15 is 0 Å². The maximum atomic E-state index is 10.6. The molecule has 0 aliphatic heterocycles. The third kappa shape index (κ3) is 4.67. The molecule has 0 spiro atoms. The van der Waals surface area contributed by atoms with Crippen molar-refractivity contribution in [3.8, 4) is 0 Å². The van der Waals surface area contributed by atoms with Crippen LogP contribution in [0.15, 0.2) is 0 Å². The van der Waals surface area contributed by atoms with Gasteiger partial charge >= 0.3 is 0 Å². The molecule has 3 nitrogen and oxygen atoms in total. The molecule has 0 saturated heterocycles. The summed E-state index contributed by atoms with van der Waals surface area (Å²) in [5.41, 5.74) is 0. The minimum Gasteiger partial charge on any atom is -0.299 e. The molecule has 11 heavy (non-hydrogen) atoms. The number of rotatable bonds is 3. The maximum Gasteiger partial charge on any atom is 0.147 e. The van der Waals surface area contributed by atoms with E-state index in [0.29, 0.717) is 0 Å². The Morgan fingerprint density at radius 3 is 1.00 bits per heavy atom. The van der Waals surface area contributed by atoms with Crippen LogP contribution in [0, 0.1) is 5.92 Å². The topological polar surface area (TPSA) is 51.2 Å². The van der Waals surface area contributed by atoms with Crippen LogP contribution in [0.5, 0.6) is 0 Å². The summed E-state index contributed by atoms with van der Waals surface area (Å²) in [5.74, 6) is -2.15. The molecular weight excluding hydrogens is 172 g/mol. The molecule has 0 N–H and O–H groups in total. The van der Waals surface area contributed by atoms with Gasteiger partial charge in [-0.15, -0.1) is 0 Å². The molecule has 0 heterocycles. The normalized spacial score (nSPS) is 8.73. The zero-order valence-corrected chi connectivity index (χ0v) is 9.22. The monoisotopic (exact) mass is 182 g/mol. The summed E-state index contributed by atoms with van der Waals surface area (Å²) in [4.78, 5) is 31.8. The minimum atomic E-state index is -1.03. The Bertz CT molecular complexity index is 153. The van der Waals surface area contributed by atoms with Gasteiger partial charge in [0.05, 0.1) is 0 Å². The quantitative estimate of drug-likeness (QED) is 0.455. The summed E-state index contributed by atoms with van der Waals surface area (Å²) < 4.78 is 0. The van der Waals surface area contributed by atoms with Crippen LogP contribution in [-0.2, 0) is 14.4 Å². The van der Waals surface area contributed by atoms with Gasteiger partial charge in [-0.1, -0.05) is 0 Å². The molecule has 0 aromatic heterocycles. The Kier molecular flexibility index (Phi) is 7.37. The maximum absolute atomic E-state index is 10.6. The van der Waals surface area contributed by atoms with Crippen molar-refractivity contribution in [3.63, 3.8) is 0 Å². The number of carbonyl (C=O) groups excluding carboxylic acids is 3. The summed E-state index contributed by atoms with van der Waals surface area (Å²) in [6.07, 6.45) is 0. The van der Waals surface area contributed by atoms with Crippen molar-refractivity contribution in [2.75, 3.05) is 0 Å². The van der Waals surface area contributed by atoms with E-state index in [0.717, 1.165) is 0 Å². The predicted octanol–water partition coefficient (Wildman–Crippen LogP) is -0.0112. The van der Waals surface area contributed by atoms with Gasteiger partial charge in [-0.3, -0.25) is 14.4 Å². The Labute approximate surface area is 95.5 Å². The van der Waals surface area contributed by atoms with Gasteiger partial charge in [-0.05, 0) is 20.8 Å². The molecule has 0 bridgehead atoms. The van der Waals surface area contributed by atoms with Crippen molar-refractivity contribution in [3.05, 3.63) is 0 Å². The fourth-order valence-electron chi connectivity index (χ4n) is 0.859. The molecule has 0 rings (SSSR count). The molecule has 0 aliphatic rings. The van der Waals surface area contributed by atoms with Crippen molar-refractivity contribution >= 4 is 55.1 Å². The molecule has 0 saturated carbocycles. The standard InChI is InChI=1S/C7H10O3.Ca/c1-4(8)7(5(2)9)6(3)10;/h7H,1-3H3;. The average molecular weight is 182 g/mol. The van der Waals surface area contributed by atoms with Gasteiger partial charge in [-0.25, -0.2) is 0 Å². The van der Waals surface area contributed by atoms with Crippen molar-refractivity contribution in [1.29, 1.82) is 0 Å². The fraction of sp³-hybridized carbons (Fsp3) is 0.571. The summed E-state index contributed by atoms with van der Waals surface area (Å²) in [6, 6.07) is 0. The van der Waals surface area contributed by atoms with Crippen molar-refractivity contribution in [2.24, 2.45) is 5.92 Å². The van der Waals surface area contributed by atoms with E-state index in [1.165, 1.54) is 20.8 Å². The number of carbonyl (C=O) groups is 3. The Balaban J connectivity index is 0. The summed E-state index contributed by atoms with van der Waals surface area (Å²) >= 11 is 0.